The van der Waals surface area contributed by atoms with Crippen LogP contribution in [0.25, 0.3) is 0 Å². The van der Waals surface area contributed by atoms with E-state index < -0.39 is 21.6 Å². The van der Waals surface area contributed by atoms with E-state index in [0.717, 1.165) is 29.4 Å². The molecule has 0 bridgehead atoms. The average molecular weight is 523 g/mol. The Labute approximate surface area is 214 Å². The van der Waals surface area contributed by atoms with Crippen molar-refractivity contribution in [2.75, 3.05) is 24.3 Å². The monoisotopic (exact) mass is 522 g/mol. The molecule has 1 amide bonds. The molecule has 8 nitrogen and oxygen atoms in total. The Morgan fingerprint density at radius 1 is 1.11 bits per heavy atom. The van der Waals surface area contributed by atoms with Crippen LogP contribution in [0.3, 0.4) is 0 Å². The molecule has 1 aliphatic heterocycles. The van der Waals surface area contributed by atoms with Gasteiger partial charge in [-0.1, -0.05) is 6.07 Å². The van der Waals surface area contributed by atoms with Gasteiger partial charge in [-0.3, -0.25) is 9.78 Å². The van der Waals surface area contributed by atoms with E-state index in [2.05, 4.69) is 27.3 Å². The number of carbonyl (C=O) groups is 1. The molecule has 0 unspecified atom stereocenters. The fourth-order valence-electron chi connectivity index (χ4n) is 4.54. The molecule has 0 spiro atoms. The molecule has 1 N–H and O–H groups in total. The third kappa shape index (κ3) is 5.02. The van der Waals surface area contributed by atoms with E-state index in [1.165, 1.54) is 44.0 Å². The number of nitrogens with zero attached hydrogens (tertiary/aromatic N) is 3. The van der Waals surface area contributed by atoms with Crippen molar-refractivity contribution in [3.8, 4) is 5.75 Å². The molecule has 2 fully saturated rings. The molecular weight excluding hydrogens is 495 g/mol. The number of fused-ring (bicyclic) bond motifs is 1. The van der Waals surface area contributed by atoms with Crippen LogP contribution in [0.4, 0.5) is 15.9 Å². The molecule has 0 radical (unpaired) electrons. The van der Waals surface area contributed by atoms with Gasteiger partial charge in [0.2, 0.25) is 0 Å². The van der Waals surface area contributed by atoms with E-state index >= 15 is 0 Å². The number of ether oxygens (including phenoxy) is 1. The fraction of sp³-hybridized carbons (Fsp3) is 0.370. The van der Waals surface area contributed by atoms with Gasteiger partial charge >= 0.3 is 0 Å². The molecule has 3 aliphatic rings. The number of nitrogens with one attached hydrogen (secondary N) is 1. The summed E-state index contributed by atoms with van der Waals surface area (Å²) in [6.07, 6.45) is 7.24. The minimum atomic E-state index is -3.51. The molecular formula is C27H27FN4O4S. The molecule has 0 atom stereocenters. The number of hydrogen-bond donors (Lipinski definition) is 1. The van der Waals surface area contributed by atoms with Crippen LogP contribution >= 0.6 is 0 Å². The fourth-order valence-corrected chi connectivity index (χ4v) is 5.18. The molecule has 10 heteroatoms. The van der Waals surface area contributed by atoms with Crippen molar-refractivity contribution in [2.24, 2.45) is 0 Å². The Balaban J connectivity index is 1.20. The van der Waals surface area contributed by atoms with Gasteiger partial charge in [-0.2, -0.15) is 0 Å². The lowest BCUT2D eigenvalue weighted by Crippen LogP contribution is -2.30. The van der Waals surface area contributed by atoms with Crippen molar-refractivity contribution in [1.29, 1.82) is 0 Å². The second-order valence-corrected chi connectivity index (χ2v) is 12.0. The summed E-state index contributed by atoms with van der Waals surface area (Å²) in [4.78, 5) is 24.3. The van der Waals surface area contributed by atoms with E-state index in [-0.39, 0.29) is 17.0 Å². The first-order chi connectivity index (χ1) is 17.8. The number of hydrogen-bond acceptors (Lipinski definition) is 7. The number of anilines is 2. The molecule has 192 valence electrons. The Bertz CT molecular complexity index is 1470. The molecule has 1 aromatic carbocycles. The van der Waals surface area contributed by atoms with Gasteiger partial charge in [-0.25, -0.2) is 17.8 Å². The second-order valence-electron chi connectivity index (χ2n) is 9.98. The minimum Gasteiger partial charge on any atom is -0.488 e. The number of rotatable bonds is 7. The number of amides is 1. The summed E-state index contributed by atoms with van der Waals surface area (Å²) >= 11 is 0. The van der Waals surface area contributed by atoms with Crippen LogP contribution in [0, 0.1) is 5.82 Å². The summed E-state index contributed by atoms with van der Waals surface area (Å²) in [5, 5.41) is 2.67. The summed E-state index contributed by atoms with van der Waals surface area (Å²) in [6.45, 7) is 1.01. The van der Waals surface area contributed by atoms with E-state index in [1.54, 1.807) is 6.07 Å². The molecule has 2 aliphatic carbocycles. The van der Waals surface area contributed by atoms with Crippen molar-refractivity contribution in [2.45, 2.75) is 49.0 Å². The lowest BCUT2D eigenvalue weighted by Gasteiger charge is -2.30. The van der Waals surface area contributed by atoms with Gasteiger partial charge in [0.15, 0.2) is 21.4 Å². The zero-order valence-corrected chi connectivity index (χ0v) is 21.2. The lowest BCUT2D eigenvalue weighted by molar-refractivity contribution is 0.0949. The number of halogens is 1. The Kier molecular flexibility index (Phi) is 5.86. The number of benzene rings is 1. The van der Waals surface area contributed by atoms with Crippen molar-refractivity contribution < 1.29 is 22.3 Å². The van der Waals surface area contributed by atoms with Crippen LogP contribution < -0.4 is 15.0 Å². The van der Waals surface area contributed by atoms with Crippen LogP contribution in [0.2, 0.25) is 0 Å². The average Bonchev–Trinajstić information content (AvgIpc) is 3.79. The number of aromatic nitrogens is 2. The van der Waals surface area contributed by atoms with E-state index in [0.29, 0.717) is 42.1 Å². The van der Waals surface area contributed by atoms with E-state index in [1.807, 2.05) is 0 Å². The Morgan fingerprint density at radius 3 is 2.43 bits per heavy atom. The van der Waals surface area contributed by atoms with Crippen LogP contribution in [-0.4, -0.2) is 43.7 Å². The summed E-state index contributed by atoms with van der Waals surface area (Å²) < 4.78 is 43.5. The molecule has 2 saturated carbocycles. The quantitative estimate of drug-likeness (QED) is 0.495. The number of pyridine rings is 2. The zero-order chi connectivity index (χ0) is 25.7. The molecule has 2 aromatic heterocycles. The maximum atomic E-state index is 14.4. The zero-order valence-electron chi connectivity index (χ0n) is 20.4. The molecule has 37 heavy (non-hydrogen) atoms. The Morgan fingerprint density at radius 2 is 1.81 bits per heavy atom. The van der Waals surface area contributed by atoms with Crippen LogP contribution in [0.1, 0.15) is 64.8 Å². The standard InChI is InChI=1S/C27H27FN4O4S/c1-37(34,35)21-7-6-18(22(28)13-21)14-30-27(33)19-10-25-26(29-15-19)32(8-9-36-25)20-11-23(16-2-3-16)31-24(12-20)17-4-5-17/h6-7,10-13,15-17H,2-5,8-9,14H2,1H3,(H,30,33). The van der Waals surface area contributed by atoms with Gasteiger partial charge in [0, 0.05) is 53.5 Å². The second kappa shape index (κ2) is 9.09. The molecule has 3 heterocycles. The molecule has 0 saturated heterocycles. The summed E-state index contributed by atoms with van der Waals surface area (Å²) in [6, 6.07) is 9.61. The molecule has 6 rings (SSSR count). The highest BCUT2D eigenvalue weighted by atomic mass is 32.2. The summed E-state index contributed by atoms with van der Waals surface area (Å²) in [5.74, 6) is 1.13. The van der Waals surface area contributed by atoms with Crippen LogP contribution in [-0.2, 0) is 16.4 Å². The van der Waals surface area contributed by atoms with Gasteiger partial charge in [0.25, 0.3) is 5.91 Å². The van der Waals surface area contributed by atoms with Crippen molar-refractivity contribution in [3.05, 3.63) is 70.9 Å². The topological polar surface area (TPSA) is 101 Å². The third-order valence-electron chi connectivity index (χ3n) is 6.97. The van der Waals surface area contributed by atoms with Gasteiger partial charge < -0.3 is 15.0 Å². The minimum absolute atomic E-state index is 0.0936. The predicted molar refractivity (Wildman–Crippen MR) is 136 cm³/mol. The van der Waals surface area contributed by atoms with Gasteiger partial charge in [-0.15, -0.1) is 0 Å². The maximum Gasteiger partial charge on any atom is 0.253 e. The first-order valence-corrected chi connectivity index (χ1v) is 14.3. The first-order valence-electron chi connectivity index (χ1n) is 12.5. The van der Waals surface area contributed by atoms with Crippen molar-refractivity contribution in [1.82, 2.24) is 15.3 Å². The van der Waals surface area contributed by atoms with Gasteiger partial charge in [0.05, 0.1) is 17.0 Å². The van der Waals surface area contributed by atoms with Crippen LogP contribution in [0.15, 0.2) is 47.5 Å². The lowest BCUT2D eigenvalue weighted by atomic mass is 10.1. The van der Waals surface area contributed by atoms with Gasteiger partial charge in [-0.05, 0) is 56.0 Å². The highest BCUT2D eigenvalue weighted by Crippen LogP contribution is 2.46. The predicted octanol–water partition coefficient (Wildman–Crippen LogP) is 4.23. The van der Waals surface area contributed by atoms with Crippen LogP contribution in [0.5, 0.6) is 5.75 Å². The number of carbonyl (C=O) groups excluding carboxylic acids is 1. The van der Waals surface area contributed by atoms with Crippen molar-refractivity contribution >= 4 is 27.2 Å². The largest absolute Gasteiger partial charge is 0.488 e. The third-order valence-corrected chi connectivity index (χ3v) is 8.08. The van der Waals surface area contributed by atoms with Gasteiger partial charge in [0.1, 0.15) is 12.4 Å². The maximum absolute atomic E-state index is 14.4. The smallest absolute Gasteiger partial charge is 0.253 e. The SMILES string of the molecule is CS(=O)(=O)c1ccc(CNC(=O)c2cnc3c(c2)OCCN3c2cc(C3CC3)nc(C3CC3)c2)c(F)c1. The Hall–Kier alpha value is -3.53. The first kappa shape index (κ1) is 23.8. The van der Waals surface area contributed by atoms with Crippen molar-refractivity contribution in [3.63, 3.8) is 0 Å². The normalized spacial score (nSPS) is 17.2. The molecule has 3 aromatic rings. The summed E-state index contributed by atoms with van der Waals surface area (Å²) in [7, 11) is -3.51. The van der Waals surface area contributed by atoms with E-state index in [4.69, 9.17) is 9.72 Å². The number of sulfone groups is 1. The summed E-state index contributed by atoms with van der Waals surface area (Å²) in [5.41, 5.74) is 3.84. The highest BCUT2D eigenvalue weighted by molar-refractivity contribution is 7.90. The highest BCUT2D eigenvalue weighted by Gasteiger charge is 2.32. The van der Waals surface area contributed by atoms with E-state index in [9.17, 15) is 17.6 Å².